The van der Waals surface area contributed by atoms with Gasteiger partial charge < -0.3 is 4.74 Å². The zero-order chi connectivity index (χ0) is 8.69. The van der Waals surface area contributed by atoms with E-state index in [1.807, 2.05) is 0 Å². The minimum atomic E-state index is -0.603. The molecular weight excluding hydrogens is 135 g/mol. The molecule has 0 aliphatic heterocycles. The average Bonchev–Trinajstić information content (AvgIpc) is 2.03. The van der Waals surface area contributed by atoms with Crippen LogP contribution in [-0.2, 0) is 9.53 Å². The Morgan fingerprint density at radius 1 is 1.90 bits per heavy atom. The molecule has 0 heterocycles. The van der Waals surface area contributed by atoms with Gasteiger partial charge in [0.05, 0.1) is 13.3 Å². The molecule has 0 unspecified atom stereocenters. The number of esters is 1. The molecule has 0 spiro atoms. The van der Waals surface area contributed by atoms with Gasteiger partial charge in [-0.3, -0.25) is 4.39 Å². The molecule has 58 valence electrons. The van der Waals surface area contributed by atoms with Crippen LogP contribution in [0.25, 0.3) is 0 Å². The third kappa shape index (κ3) is 4.06. The van der Waals surface area contributed by atoms with Crippen LogP contribution in [0.5, 0.6) is 0 Å². The lowest BCUT2D eigenvalue weighted by molar-refractivity contribution is -0.139. The maximum atomic E-state index is 11.5. The number of halogens is 1. The first kappa shape index (κ1) is 7.25. The fraction of sp³-hybridized carbons (Fsp3) is 0.571. The van der Waals surface area contributed by atoms with E-state index in [1.165, 1.54) is 0 Å². The third-order valence-electron chi connectivity index (χ3n) is 0.800. The topological polar surface area (TPSA) is 26.3 Å². The lowest BCUT2D eigenvalue weighted by atomic mass is 10.4. The molecule has 2 nitrogen and oxygen atoms in total. The summed E-state index contributed by atoms with van der Waals surface area (Å²) in [4.78, 5) is 10.7. The quantitative estimate of drug-likeness (QED) is 0.342. The van der Waals surface area contributed by atoms with Gasteiger partial charge in [-0.25, -0.2) is 4.79 Å². The Morgan fingerprint density at radius 2 is 2.60 bits per heavy atom. The molecule has 0 saturated heterocycles. The van der Waals surface area contributed by atoms with Crippen LogP contribution < -0.4 is 0 Å². The third-order valence-corrected chi connectivity index (χ3v) is 0.800. The highest BCUT2D eigenvalue weighted by atomic mass is 19.1. The normalized spacial score (nSPS) is 10.3. The van der Waals surface area contributed by atoms with E-state index >= 15 is 0 Å². The number of carbonyl (C=O) groups excluding carboxylic acids is 1. The van der Waals surface area contributed by atoms with E-state index in [4.69, 9.17) is 1.37 Å². The van der Waals surface area contributed by atoms with Gasteiger partial charge in [0.15, 0.2) is 0 Å². The summed E-state index contributed by atoms with van der Waals surface area (Å²) in [5, 5.41) is 0. The number of rotatable bonds is 4. The Morgan fingerprint density at radius 3 is 3.10 bits per heavy atom. The van der Waals surface area contributed by atoms with E-state index in [-0.39, 0.29) is 25.5 Å². The minimum Gasteiger partial charge on any atom is -0.462 e. The molecule has 0 aromatic carbocycles. The van der Waals surface area contributed by atoms with E-state index in [0.717, 1.165) is 0 Å². The summed E-state index contributed by atoms with van der Waals surface area (Å²) in [5.41, 5.74) is 0.101. The summed E-state index contributed by atoms with van der Waals surface area (Å²) in [6.07, 6.45) is 0.205. The van der Waals surface area contributed by atoms with Crippen LogP contribution in [0.3, 0.4) is 0 Å². The van der Waals surface area contributed by atoms with Crippen LogP contribution in [0.4, 0.5) is 4.39 Å². The zero-order valence-corrected chi connectivity index (χ0v) is 5.73. The summed E-state index contributed by atoms with van der Waals surface area (Å²) in [6.45, 7) is 2.69. The standard InChI is InChI=1S/C7H11FO2/c1-6(2)7(9)10-5-3-4-8/h1,3-5H2,2H3/i2D. The Balaban J connectivity index is 3.44. The first-order chi connectivity index (χ1) is 5.22. The second kappa shape index (κ2) is 4.97. The Labute approximate surface area is 61.1 Å². The molecule has 0 bridgehead atoms. The Kier molecular flexibility index (Phi) is 3.60. The maximum Gasteiger partial charge on any atom is 0.333 e. The summed E-state index contributed by atoms with van der Waals surface area (Å²) >= 11 is 0. The van der Waals surface area contributed by atoms with Crippen LogP contribution >= 0.6 is 0 Å². The number of hydrogen-bond donors (Lipinski definition) is 0. The summed E-state index contributed by atoms with van der Waals surface area (Å²) in [6, 6.07) is 0. The van der Waals surface area contributed by atoms with Crippen LogP contribution in [0.2, 0.25) is 0 Å². The fourth-order valence-electron chi connectivity index (χ4n) is 0.321. The van der Waals surface area contributed by atoms with Gasteiger partial charge in [0, 0.05) is 13.4 Å². The van der Waals surface area contributed by atoms with Crippen molar-refractivity contribution in [3.8, 4) is 0 Å². The molecule has 3 heteroatoms. The van der Waals surface area contributed by atoms with E-state index < -0.39 is 12.6 Å². The van der Waals surface area contributed by atoms with Crippen LogP contribution in [-0.4, -0.2) is 19.3 Å². The number of ether oxygens (including phenoxy) is 1. The average molecular weight is 147 g/mol. The predicted molar refractivity (Wildman–Crippen MR) is 36.4 cm³/mol. The van der Waals surface area contributed by atoms with Crippen LogP contribution in [0.1, 0.15) is 14.7 Å². The van der Waals surface area contributed by atoms with Crippen molar-refractivity contribution in [1.82, 2.24) is 0 Å². The van der Waals surface area contributed by atoms with E-state index in [2.05, 4.69) is 11.3 Å². The highest BCUT2D eigenvalue weighted by Gasteiger charge is 2.00. The van der Waals surface area contributed by atoms with Gasteiger partial charge in [0.1, 0.15) is 0 Å². The monoisotopic (exact) mass is 147 g/mol. The van der Waals surface area contributed by atoms with Crippen molar-refractivity contribution in [3.05, 3.63) is 12.2 Å². The SMILES string of the molecule is [2H]CC(=C)C(=O)OCCCF. The molecule has 10 heavy (non-hydrogen) atoms. The highest BCUT2D eigenvalue weighted by molar-refractivity contribution is 5.86. The molecular formula is C7H11FO2. The van der Waals surface area contributed by atoms with E-state index in [0.29, 0.717) is 0 Å². The molecule has 0 aliphatic carbocycles. The van der Waals surface area contributed by atoms with Gasteiger partial charge in [0.25, 0.3) is 0 Å². The molecule has 0 atom stereocenters. The van der Waals surface area contributed by atoms with Crippen molar-refractivity contribution >= 4 is 5.97 Å². The van der Waals surface area contributed by atoms with Gasteiger partial charge in [-0.2, -0.15) is 0 Å². The van der Waals surface area contributed by atoms with Gasteiger partial charge in [0.2, 0.25) is 0 Å². The van der Waals surface area contributed by atoms with Crippen LogP contribution in [0.15, 0.2) is 12.2 Å². The number of alkyl halides is 1. The van der Waals surface area contributed by atoms with E-state index in [9.17, 15) is 9.18 Å². The van der Waals surface area contributed by atoms with Crippen molar-refractivity contribution in [1.29, 1.82) is 0 Å². The lowest BCUT2D eigenvalue weighted by Crippen LogP contribution is -2.06. The predicted octanol–water partition coefficient (Wildman–Crippen LogP) is 1.47. The van der Waals surface area contributed by atoms with Crippen LogP contribution in [0, 0.1) is 0 Å². The first-order valence-electron chi connectivity index (χ1n) is 3.63. The number of carbonyl (C=O) groups is 1. The zero-order valence-electron chi connectivity index (χ0n) is 6.73. The second-order valence-electron chi connectivity index (χ2n) is 1.78. The molecule has 0 N–H and O–H groups in total. The Bertz CT molecular complexity index is 147. The summed E-state index contributed by atoms with van der Waals surface area (Å²) < 4.78 is 22.8. The van der Waals surface area contributed by atoms with Crippen molar-refractivity contribution in [2.45, 2.75) is 13.3 Å². The summed E-state index contributed by atoms with van der Waals surface area (Å²) in [7, 11) is 0. The molecule has 0 amide bonds. The van der Waals surface area contributed by atoms with Crippen molar-refractivity contribution in [3.63, 3.8) is 0 Å². The van der Waals surface area contributed by atoms with Crippen molar-refractivity contribution in [2.24, 2.45) is 0 Å². The number of hydrogen-bond acceptors (Lipinski definition) is 2. The van der Waals surface area contributed by atoms with Gasteiger partial charge >= 0.3 is 5.97 Å². The Hall–Kier alpha value is -0.860. The highest BCUT2D eigenvalue weighted by Crippen LogP contribution is 1.92. The van der Waals surface area contributed by atoms with Crippen molar-refractivity contribution < 1.29 is 15.3 Å². The molecule has 0 radical (unpaired) electrons. The maximum absolute atomic E-state index is 11.5. The molecule has 0 aromatic heterocycles. The van der Waals surface area contributed by atoms with Gasteiger partial charge in [-0.15, -0.1) is 0 Å². The fourth-order valence-corrected chi connectivity index (χ4v) is 0.321. The second-order valence-corrected chi connectivity index (χ2v) is 1.78. The molecule has 0 fully saturated rings. The molecule has 0 rings (SSSR count). The van der Waals surface area contributed by atoms with E-state index in [1.54, 1.807) is 0 Å². The van der Waals surface area contributed by atoms with Gasteiger partial charge in [-0.1, -0.05) is 6.58 Å². The minimum absolute atomic E-state index is 0.0638. The molecule has 0 saturated carbocycles. The molecule has 0 aromatic rings. The molecule has 0 aliphatic rings. The first-order valence-corrected chi connectivity index (χ1v) is 2.92. The lowest BCUT2D eigenvalue weighted by Gasteiger charge is -2.00. The van der Waals surface area contributed by atoms with Gasteiger partial charge in [-0.05, 0) is 6.90 Å². The van der Waals surface area contributed by atoms with Crippen molar-refractivity contribution in [2.75, 3.05) is 13.3 Å². The summed E-state index contributed by atoms with van der Waals surface area (Å²) in [5.74, 6) is -0.603. The smallest absolute Gasteiger partial charge is 0.333 e. The largest absolute Gasteiger partial charge is 0.462 e.